The van der Waals surface area contributed by atoms with Gasteiger partial charge in [0.1, 0.15) is 48.3 Å². The van der Waals surface area contributed by atoms with E-state index in [1.165, 1.54) is 18.3 Å². The van der Waals surface area contributed by atoms with Gasteiger partial charge in [0.2, 0.25) is 59.1 Å². The summed E-state index contributed by atoms with van der Waals surface area (Å²) in [5.41, 5.74) is 7.12. The third kappa shape index (κ3) is 17.4. The number of amides is 10. The SMILES string of the molecule is CC(C)C[C@H](NC(=O)[C@@H]1CCC(=O)N1)C(=O)N[C@H](C(=O)N[C@@H](Cc1ccccc1)C(=O)N[C@@H](Cc1cccs1)C(=O)N[C@@H](CO)C(=O)N[C@@H](CO)C(=O)N[C@@H](Cc1c[nH]c2ccccc12)C(=O)NCC(N)=O)[C@@H](C)O. The van der Waals surface area contributed by atoms with E-state index >= 15 is 0 Å². The van der Waals surface area contributed by atoms with Crippen LogP contribution in [0.2, 0.25) is 0 Å². The fraction of sp³-hybridized carbons (Fsp3) is 0.440. The van der Waals surface area contributed by atoms with Crippen molar-refractivity contribution in [3.8, 4) is 0 Å². The Morgan fingerprint density at radius 2 is 1.21 bits per heavy atom. The topological polar surface area (TPSA) is 381 Å². The summed E-state index contributed by atoms with van der Waals surface area (Å²) in [6, 6.07) is 7.47. The fourth-order valence-corrected chi connectivity index (χ4v) is 8.86. The van der Waals surface area contributed by atoms with Crippen molar-refractivity contribution < 1.29 is 63.3 Å². The molecular weight excluding hydrogens is 995 g/mol. The number of hydrogen-bond donors (Lipinski definition) is 14. The molecule has 0 aliphatic carbocycles. The van der Waals surface area contributed by atoms with Crippen LogP contribution in [0.1, 0.15) is 56.0 Å². The number of hydrogen-bond acceptors (Lipinski definition) is 14. The monoisotopic (exact) mass is 1060 g/mol. The molecule has 75 heavy (non-hydrogen) atoms. The Balaban J connectivity index is 1.31. The first-order valence-corrected chi connectivity index (χ1v) is 25.1. The average molecular weight is 1060 g/mol. The summed E-state index contributed by atoms with van der Waals surface area (Å²) in [5, 5.41) is 56.2. The van der Waals surface area contributed by atoms with E-state index in [1.807, 2.05) is 0 Å². The summed E-state index contributed by atoms with van der Waals surface area (Å²) in [7, 11) is 0. The lowest BCUT2D eigenvalue weighted by Gasteiger charge is -2.28. The average Bonchev–Trinajstić information content (AvgIpc) is 4.16. The highest BCUT2D eigenvalue weighted by Gasteiger charge is 2.37. The number of rotatable bonds is 28. The standard InChI is InChI=1S/C50H65N11O13S/c1-26(2)18-34(55-44(68)33-15-16-41(66)54-33)47(71)61-42(27(3)64)50(74)58-35(19-28-10-5-4-6-11-28)45(69)57-37(21-30-12-9-17-75-30)46(70)59-39(25-63)49(73)60-38(24-62)48(72)56-36(43(67)53-23-40(51)65)20-29-22-52-32-14-8-7-13-31(29)32/h4-14,17,22,26-27,33-39,42,52,62-64H,15-16,18-21,23-25H2,1-3H3,(H2,51,65)(H,53,67)(H,54,66)(H,55,68)(H,56,72)(H,57,69)(H,58,74)(H,59,70)(H,60,73)(H,61,71)/t27-,33+,34+,35+,36+,37+,38+,39+,42+/m1/s1. The molecule has 1 saturated heterocycles. The normalized spacial score (nSPS) is 16.4. The highest BCUT2D eigenvalue weighted by atomic mass is 32.1. The minimum Gasteiger partial charge on any atom is -0.394 e. The largest absolute Gasteiger partial charge is 0.394 e. The van der Waals surface area contributed by atoms with Crippen LogP contribution in [-0.2, 0) is 67.2 Å². The van der Waals surface area contributed by atoms with E-state index in [0.717, 1.165) is 10.9 Å². The van der Waals surface area contributed by atoms with Gasteiger partial charge in [0.05, 0.1) is 25.9 Å². The number of nitrogens with two attached hydrogens (primary N) is 1. The molecular formula is C50H65N11O13S. The number of thiophene rings is 1. The summed E-state index contributed by atoms with van der Waals surface area (Å²) in [6.45, 7) is 2.26. The van der Waals surface area contributed by atoms with E-state index in [9.17, 15) is 63.3 Å². The Kier molecular flexibility index (Phi) is 21.8. The third-order valence-corrected chi connectivity index (χ3v) is 12.9. The van der Waals surface area contributed by atoms with Crippen LogP contribution < -0.4 is 53.6 Å². The van der Waals surface area contributed by atoms with Gasteiger partial charge in [0.25, 0.3) is 0 Å². The van der Waals surface area contributed by atoms with Crippen molar-refractivity contribution in [3.63, 3.8) is 0 Å². The van der Waals surface area contributed by atoms with E-state index in [2.05, 4.69) is 52.8 Å². The van der Waals surface area contributed by atoms with Crippen molar-refractivity contribution >= 4 is 81.3 Å². The number of aromatic nitrogens is 1. The Hall–Kier alpha value is -7.74. The number of aliphatic hydroxyl groups excluding tert-OH is 3. The van der Waals surface area contributed by atoms with Crippen molar-refractivity contribution in [1.29, 1.82) is 0 Å². The molecule has 0 unspecified atom stereocenters. The molecule has 2 aromatic heterocycles. The molecule has 1 aliphatic heterocycles. The molecule has 9 atom stereocenters. The Morgan fingerprint density at radius 1 is 0.653 bits per heavy atom. The van der Waals surface area contributed by atoms with Gasteiger partial charge in [-0.3, -0.25) is 47.9 Å². The lowest BCUT2D eigenvalue weighted by molar-refractivity contribution is -0.137. The van der Waals surface area contributed by atoms with Gasteiger partial charge in [-0.25, -0.2) is 0 Å². The molecule has 24 nitrogen and oxygen atoms in total. The summed E-state index contributed by atoms with van der Waals surface area (Å²) in [4.78, 5) is 137. The third-order valence-electron chi connectivity index (χ3n) is 12.0. The molecule has 25 heteroatoms. The number of benzene rings is 2. The van der Waals surface area contributed by atoms with Gasteiger partial charge in [0, 0.05) is 47.7 Å². The molecule has 3 heterocycles. The minimum atomic E-state index is -1.78. The number of carbonyl (C=O) groups is 10. The van der Waals surface area contributed by atoms with Crippen LogP contribution in [0.3, 0.4) is 0 Å². The van der Waals surface area contributed by atoms with Crippen molar-refractivity contribution in [1.82, 2.24) is 52.8 Å². The number of fused-ring (bicyclic) bond motifs is 1. The van der Waals surface area contributed by atoms with E-state index in [-0.39, 0.29) is 50.4 Å². The lowest BCUT2D eigenvalue weighted by Crippen LogP contribution is -2.62. The van der Waals surface area contributed by atoms with Gasteiger partial charge in [-0.2, -0.15) is 0 Å². The van der Waals surface area contributed by atoms with Crippen molar-refractivity contribution in [2.45, 2.75) is 114 Å². The van der Waals surface area contributed by atoms with Gasteiger partial charge >= 0.3 is 0 Å². The smallest absolute Gasteiger partial charge is 0.245 e. The fourth-order valence-electron chi connectivity index (χ4n) is 8.11. The molecule has 404 valence electrons. The van der Waals surface area contributed by atoms with Crippen LogP contribution in [0.5, 0.6) is 0 Å². The van der Waals surface area contributed by atoms with Gasteiger partial charge < -0.3 is 73.9 Å². The first kappa shape index (κ1) is 58.2. The van der Waals surface area contributed by atoms with Crippen LogP contribution in [-0.4, -0.2) is 154 Å². The maximum atomic E-state index is 14.4. The van der Waals surface area contributed by atoms with E-state index in [4.69, 9.17) is 5.73 Å². The van der Waals surface area contributed by atoms with Crippen LogP contribution in [0.15, 0.2) is 78.3 Å². The number of carbonyl (C=O) groups excluding carboxylic acids is 10. The number of H-pyrrole nitrogens is 1. The summed E-state index contributed by atoms with van der Waals surface area (Å²) >= 11 is 1.24. The predicted molar refractivity (Wildman–Crippen MR) is 272 cm³/mol. The highest BCUT2D eigenvalue weighted by molar-refractivity contribution is 7.09. The quantitative estimate of drug-likeness (QED) is 0.0269. The molecule has 5 rings (SSSR count). The first-order valence-electron chi connectivity index (χ1n) is 24.3. The Bertz CT molecular complexity index is 2650. The summed E-state index contributed by atoms with van der Waals surface area (Å²) < 4.78 is 0. The second-order valence-electron chi connectivity index (χ2n) is 18.5. The molecule has 0 spiro atoms. The summed E-state index contributed by atoms with van der Waals surface area (Å²) in [5.74, 6) is -8.60. The van der Waals surface area contributed by atoms with Crippen LogP contribution in [0.4, 0.5) is 0 Å². The second kappa shape index (κ2) is 28.1. The lowest BCUT2D eigenvalue weighted by atomic mass is 10.0. The maximum absolute atomic E-state index is 14.4. The number of nitrogens with one attached hydrogen (secondary N) is 10. The Labute approximate surface area is 435 Å². The number of para-hydroxylation sites is 1. The molecule has 0 bridgehead atoms. The van der Waals surface area contributed by atoms with Gasteiger partial charge in [-0.15, -0.1) is 11.3 Å². The van der Waals surface area contributed by atoms with Crippen molar-refractivity contribution in [2.75, 3.05) is 19.8 Å². The number of aromatic amines is 1. The van der Waals surface area contributed by atoms with E-state index in [1.54, 1.807) is 92.2 Å². The number of aliphatic hydroxyl groups is 3. The molecule has 0 radical (unpaired) electrons. The van der Waals surface area contributed by atoms with E-state index < -0.39 is 127 Å². The van der Waals surface area contributed by atoms with Crippen molar-refractivity contribution in [3.05, 3.63) is 94.3 Å². The van der Waals surface area contributed by atoms with Crippen molar-refractivity contribution in [2.24, 2.45) is 11.7 Å². The second-order valence-corrected chi connectivity index (χ2v) is 19.5. The van der Waals surface area contributed by atoms with E-state index in [0.29, 0.717) is 16.0 Å². The summed E-state index contributed by atoms with van der Waals surface area (Å²) in [6.07, 6.45) is 0.173. The minimum absolute atomic E-state index is 0.101. The maximum Gasteiger partial charge on any atom is 0.245 e. The van der Waals surface area contributed by atoms with Gasteiger partial charge in [-0.1, -0.05) is 68.4 Å². The molecule has 1 aliphatic rings. The molecule has 4 aromatic rings. The Morgan fingerprint density at radius 3 is 1.77 bits per heavy atom. The molecule has 0 saturated carbocycles. The first-order chi connectivity index (χ1) is 35.8. The van der Waals surface area contributed by atoms with Gasteiger partial charge in [-0.05, 0) is 54.3 Å². The molecule has 2 aromatic carbocycles. The zero-order chi connectivity index (χ0) is 54.8. The highest BCUT2D eigenvalue weighted by Crippen LogP contribution is 2.20. The molecule has 10 amide bonds. The van der Waals surface area contributed by atoms with Gasteiger partial charge in [0.15, 0.2) is 0 Å². The predicted octanol–water partition coefficient (Wildman–Crippen LogP) is -3.06. The molecule has 1 fully saturated rings. The zero-order valence-corrected chi connectivity index (χ0v) is 42.4. The van der Waals surface area contributed by atoms with Crippen LogP contribution in [0.25, 0.3) is 10.9 Å². The molecule has 15 N–H and O–H groups in total. The van der Waals surface area contributed by atoms with Crippen LogP contribution in [0, 0.1) is 5.92 Å². The number of primary amides is 1. The van der Waals surface area contributed by atoms with Crippen LogP contribution >= 0.6 is 11.3 Å². The zero-order valence-electron chi connectivity index (χ0n) is 41.6.